The largest absolute Gasteiger partial charge is 0.295 e. The number of carbonyl (C=O) groups is 1. The quantitative estimate of drug-likeness (QED) is 0.643. The molecular formula is C24H29N5O. The predicted molar refractivity (Wildman–Crippen MR) is 118 cm³/mol. The molecule has 3 aromatic rings. The lowest BCUT2D eigenvalue weighted by Gasteiger charge is -2.40. The Morgan fingerprint density at radius 2 is 1.60 bits per heavy atom. The molecular weight excluding hydrogens is 374 g/mol. The molecule has 2 aliphatic rings. The van der Waals surface area contributed by atoms with Gasteiger partial charge in [0.25, 0.3) is 0 Å². The SMILES string of the molecule is Cc1ccc(N2C(=O)[C@H](CC(C)C)N3C2CCCC3n2nc3ccccc3n2)cc1. The lowest BCUT2D eigenvalue weighted by atomic mass is 9.99. The number of aryl methyl sites for hydroxylation is 1. The summed E-state index contributed by atoms with van der Waals surface area (Å²) in [6.07, 6.45) is 3.88. The molecule has 2 saturated heterocycles. The van der Waals surface area contributed by atoms with Crippen LogP contribution >= 0.6 is 0 Å². The molecule has 2 aromatic carbocycles. The topological polar surface area (TPSA) is 54.3 Å². The molecule has 156 valence electrons. The molecule has 0 aliphatic carbocycles. The van der Waals surface area contributed by atoms with Gasteiger partial charge in [0.1, 0.15) is 17.2 Å². The van der Waals surface area contributed by atoms with Gasteiger partial charge in [-0.25, -0.2) is 4.90 Å². The van der Waals surface area contributed by atoms with E-state index in [1.807, 2.05) is 34.0 Å². The van der Waals surface area contributed by atoms with Crippen molar-refractivity contribution < 1.29 is 4.79 Å². The first-order valence-electron chi connectivity index (χ1n) is 11.0. The molecule has 2 fully saturated rings. The first kappa shape index (κ1) is 19.2. The molecule has 0 N–H and O–H groups in total. The number of hydrogen-bond acceptors (Lipinski definition) is 4. The molecule has 2 unspecified atom stereocenters. The third-order valence-corrected chi connectivity index (χ3v) is 6.37. The van der Waals surface area contributed by atoms with Gasteiger partial charge in [0.15, 0.2) is 0 Å². The van der Waals surface area contributed by atoms with Crippen LogP contribution in [0.15, 0.2) is 48.5 Å². The predicted octanol–water partition coefficient (Wildman–Crippen LogP) is 4.51. The third kappa shape index (κ3) is 3.19. The second kappa shape index (κ2) is 7.51. The standard InChI is InChI=1S/C24H29N5O/c1-16(2)15-21-24(30)27(18-13-11-17(3)12-14-18)22-9-6-10-23(28(21)22)29-25-19-7-4-5-8-20(19)26-29/h4-5,7-8,11-14,16,21-23H,6,9-10,15H2,1-3H3/t21-,22?,23?/m0/s1. The fourth-order valence-electron chi connectivity index (χ4n) is 5.01. The summed E-state index contributed by atoms with van der Waals surface area (Å²) in [4.78, 5) is 20.0. The van der Waals surface area contributed by atoms with E-state index in [2.05, 4.69) is 49.9 Å². The number of aromatic nitrogens is 3. The molecule has 1 amide bonds. The van der Waals surface area contributed by atoms with Crippen molar-refractivity contribution in [3.8, 4) is 0 Å². The number of rotatable bonds is 4. The Hall–Kier alpha value is -2.73. The van der Waals surface area contributed by atoms with Gasteiger partial charge in [0.05, 0.1) is 12.2 Å². The summed E-state index contributed by atoms with van der Waals surface area (Å²) in [6, 6.07) is 16.2. The maximum Gasteiger partial charge on any atom is 0.245 e. The van der Waals surface area contributed by atoms with Crippen LogP contribution in [0.2, 0.25) is 0 Å². The zero-order valence-electron chi connectivity index (χ0n) is 17.9. The number of nitrogens with zero attached hydrogens (tertiary/aromatic N) is 5. The minimum Gasteiger partial charge on any atom is -0.295 e. The first-order chi connectivity index (χ1) is 14.5. The van der Waals surface area contributed by atoms with Crippen molar-refractivity contribution >= 4 is 22.6 Å². The fraction of sp³-hybridized carbons (Fsp3) is 0.458. The van der Waals surface area contributed by atoms with Gasteiger partial charge in [-0.05, 0) is 62.8 Å². The minimum atomic E-state index is -0.143. The number of benzene rings is 2. The van der Waals surface area contributed by atoms with Crippen molar-refractivity contribution in [3.05, 3.63) is 54.1 Å². The Morgan fingerprint density at radius 3 is 2.23 bits per heavy atom. The summed E-state index contributed by atoms with van der Waals surface area (Å²) < 4.78 is 0. The van der Waals surface area contributed by atoms with E-state index < -0.39 is 0 Å². The highest BCUT2D eigenvalue weighted by Gasteiger charge is 2.51. The Kier molecular flexibility index (Phi) is 4.82. The van der Waals surface area contributed by atoms with Gasteiger partial charge in [0.2, 0.25) is 5.91 Å². The Morgan fingerprint density at radius 1 is 0.967 bits per heavy atom. The molecule has 30 heavy (non-hydrogen) atoms. The third-order valence-electron chi connectivity index (χ3n) is 6.37. The molecule has 3 atom stereocenters. The summed E-state index contributed by atoms with van der Waals surface area (Å²) in [5, 5.41) is 9.56. The molecule has 3 heterocycles. The van der Waals surface area contributed by atoms with Crippen LogP contribution in [0.3, 0.4) is 0 Å². The minimum absolute atomic E-state index is 0.000650. The van der Waals surface area contributed by atoms with E-state index in [1.165, 1.54) is 5.56 Å². The molecule has 6 nitrogen and oxygen atoms in total. The van der Waals surface area contributed by atoms with E-state index >= 15 is 0 Å². The molecule has 5 rings (SSSR count). The van der Waals surface area contributed by atoms with E-state index in [0.717, 1.165) is 42.4 Å². The molecule has 0 saturated carbocycles. The summed E-state index contributed by atoms with van der Waals surface area (Å²) >= 11 is 0. The van der Waals surface area contributed by atoms with Crippen LogP contribution in [-0.2, 0) is 4.79 Å². The van der Waals surface area contributed by atoms with Crippen molar-refractivity contribution in [2.75, 3.05) is 4.90 Å². The highest BCUT2D eigenvalue weighted by Crippen LogP contribution is 2.42. The van der Waals surface area contributed by atoms with Crippen molar-refractivity contribution in [2.45, 2.75) is 64.8 Å². The number of anilines is 1. The van der Waals surface area contributed by atoms with Crippen LogP contribution < -0.4 is 4.90 Å². The average molecular weight is 404 g/mol. The Labute approximate surface area is 177 Å². The number of fused-ring (bicyclic) bond motifs is 2. The molecule has 0 spiro atoms. The highest BCUT2D eigenvalue weighted by atomic mass is 16.2. The van der Waals surface area contributed by atoms with Crippen molar-refractivity contribution in [2.24, 2.45) is 5.92 Å². The van der Waals surface area contributed by atoms with Crippen LogP contribution in [0, 0.1) is 12.8 Å². The van der Waals surface area contributed by atoms with Gasteiger partial charge in [-0.2, -0.15) is 15.0 Å². The van der Waals surface area contributed by atoms with E-state index in [1.54, 1.807) is 0 Å². The lowest BCUT2D eigenvalue weighted by molar-refractivity contribution is -0.121. The zero-order chi connectivity index (χ0) is 20.8. The van der Waals surface area contributed by atoms with Crippen LogP contribution in [0.25, 0.3) is 11.0 Å². The van der Waals surface area contributed by atoms with Crippen molar-refractivity contribution in [1.29, 1.82) is 0 Å². The number of piperidine rings is 1. The van der Waals surface area contributed by atoms with Gasteiger partial charge in [0, 0.05) is 5.69 Å². The van der Waals surface area contributed by atoms with E-state index in [0.29, 0.717) is 5.92 Å². The smallest absolute Gasteiger partial charge is 0.245 e. The second-order valence-electron chi connectivity index (χ2n) is 9.04. The number of carbonyl (C=O) groups excluding carboxylic acids is 1. The highest BCUT2D eigenvalue weighted by molar-refractivity contribution is 6.00. The van der Waals surface area contributed by atoms with Crippen LogP contribution in [0.1, 0.15) is 51.3 Å². The van der Waals surface area contributed by atoms with Crippen LogP contribution in [-0.4, -0.2) is 38.0 Å². The normalized spacial score (nSPS) is 24.7. The summed E-state index contributed by atoms with van der Waals surface area (Å²) in [6.45, 7) is 6.46. The van der Waals surface area contributed by atoms with Crippen molar-refractivity contribution in [1.82, 2.24) is 19.9 Å². The van der Waals surface area contributed by atoms with Crippen LogP contribution in [0.5, 0.6) is 0 Å². The van der Waals surface area contributed by atoms with Crippen molar-refractivity contribution in [3.63, 3.8) is 0 Å². The number of hydrogen-bond donors (Lipinski definition) is 0. The molecule has 1 aromatic heterocycles. The maximum absolute atomic E-state index is 13.7. The second-order valence-corrected chi connectivity index (χ2v) is 9.04. The average Bonchev–Trinajstić information content (AvgIpc) is 3.28. The van der Waals surface area contributed by atoms with Gasteiger partial charge >= 0.3 is 0 Å². The van der Waals surface area contributed by atoms with Gasteiger partial charge < -0.3 is 0 Å². The zero-order valence-corrected chi connectivity index (χ0v) is 17.9. The Balaban J connectivity index is 1.56. The van der Waals surface area contributed by atoms with E-state index in [-0.39, 0.29) is 24.3 Å². The first-order valence-corrected chi connectivity index (χ1v) is 11.0. The maximum atomic E-state index is 13.7. The van der Waals surface area contributed by atoms with Gasteiger partial charge in [-0.15, -0.1) is 0 Å². The van der Waals surface area contributed by atoms with E-state index in [4.69, 9.17) is 10.2 Å². The Bertz CT molecular complexity index is 1020. The molecule has 2 aliphatic heterocycles. The van der Waals surface area contributed by atoms with Crippen LogP contribution in [0.4, 0.5) is 5.69 Å². The number of amides is 1. The van der Waals surface area contributed by atoms with Gasteiger partial charge in [-0.1, -0.05) is 43.7 Å². The summed E-state index contributed by atoms with van der Waals surface area (Å²) in [7, 11) is 0. The monoisotopic (exact) mass is 403 g/mol. The summed E-state index contributed by atoms with van der Waals surface area (Å²) in [5.41, 5.74) is 4.00. The lowest BCUT2D eigenvalue weighted by Crippen LogP contribution is -2.48. The van der Waals surface area contributed by atoms with E-state index in [9.17, 15) is 4.79 Å². The molecule has 0 radical (unpaired) electrons. The fourth-order valence-corrected chi connectivity index (χ4v) is 5.01. The molecule has 0 bridgehead atoms. The summed E-state index contributed by atoms with van der Waals surface area (Å²) in [5.74, 6) is 0.644. The molecule has 6 heteroatoms. The van der Waals surface area contributed by atoms with Gasteiger partial charge in [-0.3, -0.25) is 9.69 Å².